The smallest absolute Gasteiger partial charge is 0.308 e. The molecule has 1 unspecified atom stereocenters. The third-order valence-corrected chi connectivity index (χ3v) is 6.83. The van der Waals surface area contributed by atoms with Crippen LogP contribution in [0.2, 0.25) is 0 Å². The molecule has 4 nitrogen and oxygen atoms in total. The van der Waals surface area contributed by atoms with Crippen LogP contribution in [0, 0.1) is 17.6 Å². The number of carbonyl (C=O) groups excluding carboxylic acids is 1. The van der Waals surface area contributed by atoms with Gasteiger partial charge in [-0.05, 0) is 24.1 Å². The molecule has 3 heterocycles. The molecule has 1 aromatic heterocycles. The summed E-state index contributed by atoms with van der Waals surface area (Å²) in [6.07, 6.45) is 0.446. The molecule has 0 saturated carbocycles. The first-order chi connectivity index (χ1) is 11.9. The molecule has 130 valence electrons. The first-order valence-corrected chi connectivity index (χ1v) is 9.51. The van der Waals surface area contributed by atoms with Crippen LogP contribution >= 0.6 is 23.1 Å². The van der Waals surface area contributed by atoms with Crippen molar-refractivity contribution in [3.05, 3.63) is 40.3 Å². The fourth-order valence-electron chi connectivity index (χ4n) is 3.20. The standard InChI is InChI=1S/C17H13F2NO3S2/c18-10-4-11-14-9(7-24-15(11)12(19)5-10)3-13(25-14)16(21)20-2-1-8(6-20)17(22)23/h3-5,8H,1-2,6-7H2,(H,22,23). The van der Waals surface area contributed by atoms with E-state index >= 15 is 0 Å². The number of thioether (sulfide) groups is 1. The van der Waals surface area contributed by atoms with Gasteiger partial charge in [0, 0.05) is 35.3 Å². The van der Waals surface area contributed by atoms with Crippen molar-refractivity contribution in [1.82, 2.24) is 4.90 Å². The predicted molar refractivity (Wildman–Crippen MR) is 90.9 cm³/mol. The SMILES string of the molecule is O=C(O)C1CCN(C(=O)c2cc3c(s2)-c2cc(F)cc(F)c2SC3)C1. The van der Waals surface area contributed by atoms with Crippen molar-refractivity contribution in [2.75, 3.05) is 13.1 Å². The lowest BCUT2D eigenvalue weighted by atomic mass is 10.1. The van der Waals surface area contributed by atoms with Crippen molar-refractivity contribution in [3.63, 3.8) is 0 Å². The molecular weight excluding hydrogens is 368 g/mol. The van der Waals surface area contributed by atoms with Gasteiger partial charge in [-0.1, -0.05) is 0 Å². The van der Waals surface area contributed by atoms with Crippen LogP contribution in [0.15, 0.2) is 23.1 Å². The summed E-state index contributed by atoms with van der Waals surface area (Å²) in [5.41, 5.74) is 1.36. The van der Waals surface area contributed by atoms with Crippen molar-refractivity contribution in [3.8, 4) is 10.4 Å². The number of fused-ring (bicyclic) bond motifs is 3. The Morgan fingerprint density at radius 2 is 2.04 bits per heavy atom. The summed E-state index contributed by atoms with van der Waals surface area (Å²) in [6, 6.07) is 3.92. The van der Waals surface area contributed by atoms with Crippen molar-refractivity contribution >= 4 is 35.0 Å². The molecule has 0 radical (unpaired) electrons. The zero-order valence-corrected chi connectivity index (χ0v) is 14.6. The largest absolute Gasteiger partial charge is 0.481 e. The number of carboxylic acid groups (broad SMARTS) is 1. The van der Waals surface area contributed by atoms with Crippen molar-refractivity contribution in [2.45, 2.75) is 17.1 Å². The van der Waals surface area contributed by atoms with Gasteiger partial charge in [0.05, 0.1) is 15.7 Å². The average Bonchev–Trinajstić information content (AvgIpc) is 3.21. The van der Waals surface area contributed by atoms with Crippen LogP contribution < -0.4 is 0 Å². The number of rotatable bonds is 2. The molecule has 1 fully saturated rings. The quantitative estimate of drug-likeness (QED) is 0.859. The Hall–Kier alpha value is -1.93. The Balaban J connectivity index is 1.66. The maximum absolute atomic E-state index is 14.0. The summed E-state index contributed by atoms with van der Waals surface area (Å²) in [5, 5.41) is 9.07. The van der Waals surface area contributed by atoms with Gasteiger partial charge in [0.15, 0.2) is 0 Å². The molecular formula is C17H13F2NO3S2. The van der Waals surface area contributed by atoms with E-state index < -0.39 is 23.5 Å². The molecule has 2 aliphatic heterocycles. The van der Waals surface area contributed by atoms with Gasteiger partial charge in [0.1, 0.15) is 11.6 Å². The van der Waals surface area contributed by atoms with Crippen molar-refractivity contribution < 1.29 is 23.5 Å². The minimum absolute atomic E-state index is 0.200. The molecule has 2 aliphatic rings. The Morgan fingerprint density at radius 1 is 1.24 bits per heavy atom. The minimum Gasteiger partial charge on any atom is -0.481 e. The molecule has 1 amide bonds. The van der Waals surface area contributed by atoms with Gasteiger partial charge < -0.3 is 10.0 Å². The van der Waals surface area contributed by atoms with E-state index in [9.17, 15) is 18.4 Å². The second kappa shape index (κ2) is 6.10. The molecule has 1 N–H and O–H groups in total. The Bertz CT molecular complexity index is 896. The van der Waals surface area contributed by atoms with Gasteiger partial charge in [-0.2, -0.15) is 0 Å². The maximum atomic E-state index is 14.0. The van der Waals surface area contributed by atoms with E-state index in [0.717, 1.165) is 11.6 Å². The lowest BCUT2D eigenvalue weighted by molar-refractivity contribution is -0.141. The number of aliphatic carboxylic acids is 1. The van der Waals surface area contributed by atoms with E-state index in [-0.39, 0.29) is 12.5 Å². The van der Waals surface area contributed by atoms with E-state index in [0.29, 0.717) is 38.9 Å². The van der Waals surface area contributed by atoms with E-state index in [2.05, 4.69) is 0 Å². The number of hydrogen-bond acceptors (Lipinski definition) is 4. The van der Waals surface area contributed by atoms with Crippen molar-refractivity contribution in [1.29, 1.82) is 0 Å². The summed E-state index contributed by atoms with van der Waals surface area (Å²) < 4.78 is 27.6. The maximum Gasteiger partial charge on any atom is 0.308 e. The molecule has 0 bridgehead atoms. The monoisotopic (exact) mass is 381 g/mol. The number of likely N-dealkylation sites (tertiary alicyclic amines) is 1. The van der Waals surface area contributed by atoms with Crippen molar-refractivity contribution in [2.24, 2.45) is 5.92 Å². The minimum atomic E-state index is -0.892. The second-order valence-electron chi connectivity index (χ2n) is 6.09. The Labute approximate surface area is 150 Å². The highest BCUT2D eigenvalue weighted by molar-refractivity contribution is 7.98. The van der Waals surface area contributed by atoms with Gasteiger partial charge in [-0.3, -0.25) is 9.59 Å². The fraction of sp³-hybridized carbons (Fsp3) is 0.294. The molecule has 1 atom stereocenters. The number of halogens is 2. The molecule has 8 heteroatoms. The van der Waals surface area contributed by atoms with E-state index in [1.54, 1.807) is 6.07 Å². The number of thiophene rings is 1. The highest BCUT2D eigenvalue weighted by Crippen LogP contribution is 2.47. The third-order valence-electron chi connectivity index (χ3n) is 4.47. The number of carbonyl (C=O) groups is 2. The van der Waals surface area contributed by atoms with Crippen LogP contribution in [0.5, 0.6) is 0 Å². The summed E-state index contributed by atoms with van der Waals surface area (Å²) in [7, 11) is 0. The van der Waals surface area contributed by atoms with Crippen LogP contribution in [0.1, 0.15) is 21.7 Å². The van der Waals surface area contributed by atoms with E-state index in [1.807, 2.05) is 0 Å². The Morgan fingerprint density at radius 3 is 2.76 bits per heavy atom. The van der Waals surface area contributed by atoms with Crippen LogP contribution in [0.25, 0.3) is 10.4 Å². The topological polar surface area (TPSA) is 57.6 Å². The molecule has 0 spiro atoms. The van der Waals surface area contributed by atoms with Gasteiger partial charge in [-0.25, -0.2) is 8.78 Å². The summed E-state index contributed by atoms with van der Waals surface area (Å²) in [4.78, 5) is 26.9. The van der Waals surface area contributed by atoms with Crippen LogP contribution in [-0.4, -0.2) is 35.0 Å². The van der Waals surface area contributed by atoms with Gasteiger partial charge >= 0.3 is 5.97 Å². The zero-order chi connectivity index (χ0) is 17.7. The number of nitrogens with zero attached hydrogens (tertiary/aromatic N) is 1. The first kappa shape index (κ1) is 16.5. The number of hydrogen-bond donors (Lipinski definition) is 1. The highest BCUT2D eigenvalue weighted by Gasteiger charge is 2.33. The summed E-state index contributed by atoms with van der Waals surface area (Å²) in [6.45, 7) is 0.609. The Kier molecular flexibility index (Phi) is 4.04. The summed E-state index contributed by atoms with van der Waals surface area (Å²) >= 11 is 2.51. The first-order valence-electron chi connectivity index (χ1n) is 7.71. The average molecular weight is 381 g/mol. The lowest BCUT2D eigenvalue weighted by Gasteiger charge is -2.16. The molecule has 2 aromatic rings. The summed E-state index contributed by atoms with van der Waals surface area (Å²) in [5.74, 6) is -2.35. The molecule has 0 aliphatic carbocycles. The van der Waals surface area contributed by atoms with Crippen LogP contribution in [0.3, 0.4) is 0 Å². The molecule has 4 rings (SSSR count). The highest BCUT2D eigenvalue weighted by atomic mass is 32.2. The third kappa shape index (κ3) is 2.83. The van der Waals surface area contributed by atoms with E-state index in [1.165, 1.54) is 34.1 Å². The molecule has 25 heavy (non-hydrogen) atoms. The predicted octanol–water partition coefficient (Wildman–Crippen LogP) is 3.85. The second-order valence-corrected chi connectivity index (χ2v) is 8.13. The van der Waals surface area contributed by atoms with Gasteiger partial charge in [0.25, 0.3) is 5.91 Å². The normalized spacial score (nSPS) is 18.8. The van der Waals surface area contributed by atoms with E-state index in [4.69, 9.17) is 5.11 Å². The molecule has 1 saturated heterocycles. The van der Waals surface area contributed by atoms with Crippen LogP contribution in [-0.2, 0) is 10.5 Å². The van der Waals surface area contributed by atoms with Gasteiger partial charge in [-0.15, -0.1) is 23.1 Å². The molecule has 1 aromatic carbocycles. The van der Waals surface area contributed by atoms with Gasteiger partial charge in [0.2, 0.25) is 0 Å². The fourth-order valence-corrected chi connectivity index (χ4v) is 5.56. The number of carboxylic acids is 1. The number of benzene rings is 1. The number of amides is 1. The van der Waals surface area contributed by atoms with Crippen LogP contribution in [0.4, 0.5) is 8.78 Å². The lowest BCUT2D eigenvalue weighted by Crippen LogP contribution is -2.29. The zero-order valence-electron chi connectivity index (χ0n) is 12.9.